The van der Waals surface area contributed by atoms with E-state index in [9.17, 15) is 4.79 Å². The van der Waals surface area contributed by atoms with Crippen LogP contribution in [0.4, 0.5) is 0 Å². The molecule has 0 bridgehead atoms. The summed E-state index contributed by atoms with van der Waals surface area (Å²) < 4.78 is 0. The molecule has 2 rings (SSSR count). The molecule has 0 spiro atoms. The van der Waals surface area contributed by atoms with Gasteiger partial charge in [-0.05, 0) is 36.6 Å². The Morgan fingerprint density at radius 2 is 1.68 bits per heavy atom. The summed E-state index contributed by atoms with van der Waals surface area (Å²) in [6, 6.07) is 20.6. The molecule has 1 N–H and O–H groups in total. The van der Waals surface area contributed by atoms with Crippen LogP contribution < -0.4 is 5.32 Å². The van der Waals surface area contributed by atoms with Crippen LogP contribution >= 0.6 is 11.8 Å². The van der Waals surface area contributed by atoms with Gasteiger partial charge < -0.3 is 5.32 Å². The lowest BCUT2D eigenvalue weighted by Crippen LogP contribution is -2.28. The first kappa shape index (κ1) is 16.6. The maximum atomic E-state index is 11.9. The fourth-order valence-electron chi connectivity index (χ4n) is 2.30. The molecule has 0 heterocycles. The minimum Gasteiger partial charge on any atom is -0.349 e. The zero-order valence-corrected chi connectivity index (χ0v) is 13.8. The van der Waals surface area contributed by atoms with Crippen LogP contribution in [0.2, 0.25) is 0 Å². The number of rotatable bonds is 8. The summed E-state index contributed by atoms with van der Waals surface area (Å²) in [4.78, 5) is 11.9. The Bertz CT molecular complexity index is 556. The number of hydrogen-bond acceptors (Lipinski definition) is 2. The summed E-state index contributed by atoms with van der Waals surface area (Å²) in [7, 11) is 0. The second-order valence-electron chi connectivity index (χ2n) is 5.34. The summed E-state index contributed by atoms with van der Waals surface area (Å²) in [5, 5.41) is 3.04. The van der Waals surface area contributed by atoms with Crippen LogP contribution in [0.5, 0.6) is 0 Å². The van der Waals surface area contributed by atoms with Crippen molar-refractivity contribution in [2.75, 3.05) is 11.5 Å². The molecular formula is C19H23NOS. The standard InChI is InChI=1S/C19H23NOS/c1-16(18-12-6-3-7-13-18)20-19(21)15-22-14-8-11-17-9-4-2-5-10-17/h2-7,9-10,12-13,16H,8,11,14-15H2,1H3,(H,20,21)/t16-/m1/s1. The van der Waals surface area contributed by atoms with Crippen molar-refractivity contribution in [1.29, 1.82) is 0 Å². The van der Waals surface area contributed by atoms with Crippen molar-refractivity contribution in [3.8, 4) is 0 Å². The maximum Gasteiger partial charge on any atom is 0.230 e. The van der Waals surface area contributed by atoms with Gasteiger partial charge in [-0.15, -0.1) is 0 Å². The van der Waals surface area contributed by atoms with E-state index in [0.29, 0.717) is 5.75 Å². The van der Waals surface area contributed by atoms with E-state index in [2.05, 4.69) is 29.6 Å². The van der Waals surface area contributed by atoms with E-state index in [1.807, 2.05) is 43.3 Å². The number of carbonyl (C=O) groups is 1. The van der Waals surface area contributed by atoms with Crippen molar-refractivity contribution < 1.29 is 4.79 Å². The summed E-state index contributed by atoms with van der Waals surface area (Å²) in [6.07, 6.45) is 2.19. The Hall–Kier alpha value is -1.74. The van der Waals surface area contributed by atoms with Crippen molar-refractivity contribution in [3.63, 3.8) is 0 Å². The lowest BCUT2D eigenvalue weighted by Gasteiger charge is -2.14. The fraction of sp³-hybridized carbons (Fsp3) is 0.316. The van der Waals surface area contributed by atoms with Crippen LogP contribution in [0, 0.1) is 0 Å². The van der Waals surface area contributed by atoms with E-state index in [1.165, 1.54) is 5.56 Å². The monoisotopic (exact) mass is 313 g/mol. The summed E-state index contributed by atoms with van der Waals surface area (Å²) in [6.45, 7) is 2.02. The first-order valence-corrected chi connectivity index (χ1v) is 8.87. The molecule has 0 fully saturated rings. The minimum atomic E-state index is 0.0682. The summed E-state index contributed by atoms with van der Waals surface area (Å²) >= 11 is 1.71. The number of amides is 1. The van der Waals surface area contributed by atoms with Crippen molar-refractivity contribution in [2.24, 2.45) is 0 Å². The molecule has 0 aliphatic carbocycles. The Morgan fingerprint density at radius 1 is 1.05 bits per heavy atom. The number of carbonyl (C=O) groups excluding carboxylic acids is 1. The fourth-order valence-corrected chi connectivity index (χ4v) is 3.06. The summed E-state index contributed by atoms with van der Waals surface area (Å²) in [5.74, 6) is 1.66. The van der Waals surface area contributed by atoms with Crippen LogP contribution in [-0.2, 0) is 11.2 Å². The predicted octanol–water partition coefficient (Wildman–Crippen LogP) is 4.23. The van der Waals surface area contributed by atoms with Crippen LogP contribution in [0.3, 0.4) is 0 Å². The number of benzene rings is 2. The molecule has 1 atom stereocenters. The molecule has 0 saturated heterocycles. The van der Waals surface area contributed by atoms with Gasteiger partial charge in [0.05, 0.1) is 11.8 Å². The third-order valence-electron chi connectivity index (χ3n) is 3.51. The number of aryl methyl sites for hydroxylation is 1. The van der Waals surface area contributed by atoms with Gasteiger partial charge in [-0.1, -0.05) is 60.7 Å². The highest BCUT2D eigenvalue weighted by Gasteiger charge is 2.08. The zero-order valence-electron chi connectivity index (χ0n) is 13.0. The largest absolute Gasteiger partial charge is 0.349 e. The predicted molar refractivity (Wildman–Crippen MR) is 95.1 cm³/mol. The normalized spacial score (nSPS) is 11.9. The molecule has 0 aliphatic heterocycles. The highest BCUT2D eigenvalue weighted by atomic mass is 32.2. The molecule has 2 nitrogen and oxygen atoms in total. The number of thioether (sulfide) groups is 1. The van der Waals surface area contributed by atoms with Crippen LogP contribution in [0.25, 0.3) is 0 Å². The van der Waals surface area contributed by atoms with Crippen LogP contribution in [0.15, 0.2) is 60.7 Å². The molecule has 116 valence electrons. The van der Waals surface area contributed by atoms with Crippen molar-refractivity contribution >= 4 is 17.7 Å². The number of nitrogens with one attached hydrogen (secondary N) is 1. The zero-order chi connectivity index (χ0) is 15.6. The Balaban J connectivity index is 1.60. The van der Waals surface area contributed by atoms with Crippen molar-refractivity contribution in [1.82, 2.24) is 5.32 Å². The second-order valence-corrected chi connectivity index (χ2v) is 6.45. The van der Waals surface area contributed by atoms with E-state index in [0.717, 1.165) is 24.2 Å². The maximum absolute atomic E-state index is 11.9. The van der Waals surface area contributed by atoms with Gasteiger partial charge in [0.15, 0.2) is 0 Å². The van der Waals surface area contributed by atoms with Gasteiger partial charge in [0.25, 0.3) is 0 Å². The highest BCUT2D eigenvalue weighted by molar-refractivity contribution is 7.99. The van der Waals surface area contributed by atoms with E-state index in [1.54, 1.807) is 11.8 Å². The molecule has 3 heteroatoms. The van der Waals surface area contributed by atoms with Gasteiger partial charge in [0.2, 0.25) is 5.91 Å². The molecular weight excluding hydrogens is 290 g/mol. The molecule has 2 aromatic rings. The van der Waals surface area contributed by atoms with Gasteiger partial charge in [0, 0.05) is 0 Å². The average Bonchev–Trinajstić information content (AvgIpc) is 2.56. The molecule has 0 saturated carbocycles. The lowest BCUT2D eigenvalue weighted by molar-refractivity contribution is -0.119. The van der Waals surface area contributed by atoms with E-state index in [4.69, 9.17) is 0 Å². The first-order chi connectivity index (χ1) is 10.8. The lowest BCUT2D eigenvalue weighted by atomic mass is 10.1. The van der Waals surface area contributed by atoms with E-state index < -0.39 is 0 Å². The van der Waals surface area contributed by atoms with Crippen LogP contribution in [-0.4, -0.2) is 17.4 Å². The molecule has 0 aromatic heterocycles. The van der Waals surface area contributed by atoms with E-state index in [-0.39, 0.29) is 11.9 Å². The minimum absolute atomic E-state index is 0.0682. The average molecular weight is 313 g/mol. The van der Waals surface area contributed by atoms with Gasteiger partial charge in [-0.25, -0.2) is 0 Å². The topological polar surface area (TPSA) is 29.1 Å². The summed E-state index contributed by atoms with van der Waals surface area (Å²) in [5.41, 5.74) is 2.51. The third-order valence-corrected chi connectivity index (χ3v) is 4.55. The molecule has 0 radical (unpaired) electrons. The molecule has 0 aliphatic rings. The second kappa shape index (κ2) is 9.31. The molecule has 0 unspecified atom stereocenters. The Morgan fingerprint density at radius 3 is 2.36 bits per heavy atom. The van der Waals surface area contributed by atoms with Crippen molar-refractivity contribution in [2.45, 2.75) is 25.8 Å². The van der Waals surface area contributed by atoms with Gasteiger partial charge in [-0.3, -0.25) is 4.79 Å². The smallest absolute Gasteiger partial charge is 0.230 e. The highest BCUT2D eigenvalue weighted by Crippen LogP contribution is 2.12. The van der Waals surface area contributed by atoms with Gasteiger partial charge >= 0.3 is 0 Å². The van der Waals surface area contributed by atoms with Crippen molar-refractivity contribution in [3.05, 3.63) is 71.8 Å². The number of hydrogen-bond donors (Lipinski definition) is 1. The van der Waals surface area contributed by atoms with Crippen LogP contribution in [0.1, 0.15) is 30.5 Å². The quantitative estimate of drug-likeness (QED) is 0.739. The molecule has 22 heavy (non-hydrogen) atoms. The first-order valence-electron chi connectivity index (χ1n) is 7.71. The SMILES string of the molecule is C[C@@H](NC(=O)CSCCCc1ccccc1)c1ccccc1. The van der Waals surface area contributed by atoms with Gasteiger partial charge in [-0.2, -0.15) is 11.8 Å². The third kappa shape index (κ3) is 5.94. The Kier molecular flexibility index (Phi) is 7.04. The van der Waals surface area contributed by atoms with E-state index >= 15 is 0 Å². The molecule has 1 amide bonds. The van der Waals surface area contributed by atoms with Gasteiger partial charge in [0.1, 0.15) is 0 Å². The molecule has 2 aromatic carbocycles. The Labute approximate surface area is 137 Å².